The van der Waals surface area contributed by atoms with Gasteiger partial charge in [-0.2, -0.15) is 0 Å². The van der Waals surface area contributed by atoms with Crippen molar-refractivity contribution in [2.75, 3.05) is 26.8 Å². The molecule has 1 saturated carbocycles. The van der Waals surface area contributed by atoms with Gasteiger partial charge in [0.2, 0.25) is 0 Å². The minimum Gasteiger partial charge on any atom is -0.378 e. The van der Waals surface area contributed by atoms with Crippen molar-refractivity contribution in [3.8, 4) is 0 Å². The van der Waals surface area contributed by atoms with Crippen LogP contribution in [0.4, 0.5) is 0 Å². The van der Waals surface area contributed by atoms with Crippen molar-refractivity contribution < 1.29 is 9.47 Å². The Hall–Kier alpha value is -0.120. The molecule has 0 bridgehead atoms. The van der Waals surface area contributed by atoms with Gasteiger partial charge in [-0.05, 0) is 30.7 Å². The fourth-order valence-electron chi connectivity index (χ4n) is 5.87. The maximum absolute atomic E-state index is 6.77. The summed E-state index contributed by atoms with van der Waals surface area (Å²) in [5, 5.41) is 0. The first kappa shape index (κ1) is 16.7. The smallest absolute Gasteiger partial charge is 0.0874 e. The van der Waals surface area contributed by atoms with E-state index < -0.39 is 0 Å². The molecule has 128 valence electrons. The van der Waals surface area contributed by atoms with Gasteiger partial charge in [-0.1, -0.05) is 41.5 Å². The van der Waals surface area contributed by atoms with E-state index in [1.165, 1.54) is 0 Å². The monoisotopic (exact) mass is 309 g/mol. The summed E-state index contributed by atoms with van der Waals surface area (Å²) in [7, 11) is 2.34. The molecule has 2 aliphatic heterocycles. The first-order valence-corrected chi connectivity index (χ1v) is 9.25. The third-order valence-electron chi connectivity index (χ3n) is 6.60. The molecular formula is C19H35NO2. The maximum Gasteiger partial charge on any atom is 0.0874 e. The van der Waals surface area contributed by atoms with Gasteiger partial charge >= 0.3 is 0 Å². The SMILES string of the molecule is CC(C)C1OC2COCC2CN(C)C2C(C(C)C)C12C(C)C. The molecule has 0 aromatic carbocycles. The minimum absolute atomic E-state index is 0.292. The van der Waals surface area contributed by atoms with E-state index >= 15 is 0 Å². The maximum atomic E-state index is 6.77. The molecule has 3 rings (SSSR count). The zero-order valence-electron chi connectivity index (χ0n) is 15.5. The average molecular weight is 309 g/mol. The molecule has 3 aliphatic rings. The highest BCUT2D eigenvalue weighted by Crippen LogP contribution is 2.67. The van der Waals surface area contributed by atoms with Crippen molar-refractivity contribution in [3.63, 3.8) is 0 Å². The number of nitrogens with zero attached hydrogens (tertiary/aromatic N) is 1. The van der Waals surface area contributed by atoms with Crippen LogP contribution in [0, 0.1) is 35.0 Å². The molecule has 0 N–H and O–H groups in total. The first-order valence-electron chi connectivity index (χ1n) is 9.25. The second-order valence-electron chi connectivity index (χ2n) is 8.95. The molecule has 6 unspecified atom stereocenters. The van der Waals surface area contributed by atoms with Crippen LogP contribution >= 0.6 is 0 Å². The molecule has 3 nitrogen and oxygen atoms in total. The summed E-state index contributed by atoms with van der Waals surface area (Å²) >= 11 is 0. The molecule has 3 heteroatoms. The van der Waals surface area contributed by atoms with Gasteiger partial charge in [0.1, 0.15) is 0 Å². The summed E-state index contributed by atoms with van der Waals surface area (Å²) in [5.41, 5.74) is 0.310. The van der Waals surface area contributed by atoms with E-state index in [9.17, 15) is 0 Å². The Morgan fingerprint density at radius 3 is 2.23 bits per heavy atom. The normalized spacial score (nSPS) is 45.8. The number of ether oxygens (including phenoxy) is 2. The molecule has 22 heavy (non-hydrogen) atoms. The number of rotatable bonds is 3. The Morgan fingerprint density at radius 2 is 1.68 bits per heavy atom. The van der Waals surface area contributed by atoms with Gasteiger partial charge in [-0.25, -0.2) is 0 Å². The van der Waals surface area contributed by atoms with Gasteiger partial charge < -0.3 is 14.4 Å². The summed E-state index contributed by atoms with van der Waals surface area (Å²) < 4.78 is 12.5. The number of hydrogen-bond acceptors (Lipinski definition) is 3. The van der Waals surface area contributed by atoms with Crippen molar-refractivity contribution >= 4 is 0 Å². The van der Waals surface area contributed by atoms with Gasteiger partial charge in [0.05, 0.1) is 25.4 Å². The van der Waals surface area contributed by atoms with E-state index in [-0.39, 0.29) is 0 Å². The lowest BCUT2D eigenvalue weighted by Crippen LogP contribution is -2.48. The highest BCUT2D eigenvalue weighted by Gasteiger charge is 2.73. The van der Waals surface area contributed by atoms with E-state index in [4.69, 9.17) is 9.47 Å². The number of hydrogen-bond donors (Lipinski definition) is 0. The molecule has 2 heterocycles. The van der Waals surface area contributed by atoms with Gasteiger partial charge in [-0.15, -0.1) is 0 Å². The molecule has 2 saturated heterocycles. The van der Waals surface area contributed by atoms with Crippen molar-refractivity contribution in [1.82, 2.24) is 4.90 Å². The van der Waals surface area contributed by atoms with E-state index in [0.717, 1.165) is 25.7 Å². The largest absolute Gasteiger partial charge is 0.378 e. The first-order chi connectivity index (χ1) is 10.3. The molecular weight excluding hydrogens is 274 g/mol. The lowest BCUT2D eigenvalue weighted by molar-refractivity contribution is -0.120. The van der Waals surface area contributed by atoms with Gasteiger partial charge in [0.25, 0.3) is 0 Å². The molecule has 0 amide bonds. The summed E-state index contributed by atoms with van der Waals surface area (Å²) in [5.74, 6) is 3.23. The van der Waals surface area contributed by atoms with Crippen LogP contribution in [-0.4, -0.2) is 50.0 Å². The van der Waals surface area contributed by atoms with Crippen molar-refractivity contribution in [2.45, 2.75) is 59.8 Å². The predicted molar refractivity (Wildman–Crippen MR) is 89.8 cm³/mol. The molecule has 0 aromatic heterocycles. The van der Waals surface area contributed by atoms with Crippen molar-refractivity contribution in [2.24, 2.45) is 35.0 Å². The van der Waals surface area contributed by atoms with Crippen molar-refractivity contribution in [1.29, 1.82) is 0 Å². The molecule has 0 aromatic rings. The Balaban J connectivity index is 2.00. The summed E-state index contributed by atoms with van der Waals surface area (Å²) in [6.07, 6.45) is 0.640. The fourth-order valence-corrected chi connectivity index (χ4v) is 5.87. The van der Waals surface area contributed by atoms with Gasteiger partial charge in [-0.3, -0.25) is 0 Å². The molecule has 1 aliphatic carbocycles. The molecule has 6 atom stereocenters. The summed E-state index contributed by atoms with van der Waals surface area (Å²) in [6, 6.07) is 0.668. The van der Waals surface area contributed by atoms with Crippen molar-refractivity contribution in [3.05, 3.63) is 0 Å². The van der Waals surface area contributed by atoms with E-state index in [2.05, 4.69) is 53.5 Å². The Kier molecular flexibility index (Phi) is 4.37. The van der Waals surface area contributed by atoms with Gasteiger partial charge in [0, 0.05) is 23.9 Å². The van der Waals surface area contributed by atoms with Crippen LogP contribution in [0.1, 0.15) is 41.5 Å². The van der Waals surface area contributed by atoms with Gasteiger partial charge in [0.15, 0.2) is 0 Å². The van der Waals surface area contributed by atoms with E-state index in [1.807, 2.05) is 0 Å². The topological polar surface area (TPSA) is 21.7 Å². The minimum atomic E-state index is 0.292. The average Bonchev–Trinajstić information content (AvgIpc) is 2.94. The Bertz CT molecular complexity index is 408. The third-order valence-corrected chi connectivity index (χ3v) is 6.60. The quantitative estimate of drug-likeness (QED) is 0.798. The summed E-state index contributed by atoms with van der Waals surface area (Å²) in [6.45, 7) is 17.1. The van der Waals surface area contributed by atoms with Crippen LogP contribution < -0.4 is 0 Å². The lowest BCUT2D eigenvalue weighted by atomic mass is 9.76. The lowest BCUT2D eigenvalue weighted by Gasteiger charge is -2.41. The fraction of sp³-hybridized carbons (Fsp3) is 1.00. The zero-order chi connectivity index (χ0) is 16.2. The Morgan fingerprint density at radius 1 is 1.00 bits per heavy atom. The van der Waals surface area contributed by atoms with Crippen LogP contribution in [0.5, 0.6) is 0 Å². The zero-order valence-corrected chi connectivity index (χ0v) is 15.5. The summed E-state index contributed by atoms with van der Waals surface area (Å²) in [4.78, 5) is 2.65. The van der Waals surface area contributed by atoms with E-state index in [0.29, 0.717) is 47.3 Å². The molecule has 0 spiro atoms. The third kappa shape index (κ3) is 2.27. The second kappa shape index (κ2) is 5.75. The predicted octanol–water partition coefficient (Wildman–Crippen LogP) is 3.28. The molecule has 0 radical (unpaired) electrons. The van der Waals surface area contributed by atoms with Crippen LogP contribution in [0.3, 0.4) is 0 Å². The Labute approximate surface area is 136 Å². The second-order valence-corrected chi connectivity index (χ2v) is 8.95. The molecule has 3 fully saturated rings. The van der Waals surface area contributed by atoms with Crippen LogP contribution in [0.2, 0.25) is 0 Å². The standard InChI is InChI=1S/C19H35NO2/c1-11(2)16-17-19(16,13(5)6)18(12(3)4)22-15-10-21-9-14(15)8-20(17)7/h11-18H,8-10H2,1-7H3. The number of fused-ring (bicyclic) bond motifs is 2. The van der Waals surface area contributed by atoms with Crippen LogP contribution in [0.25, 0.3) is 0 Å². The highest BCUT2D eigenvalue weighted by atomic mass is 16.6. The van der Waals surface area contributed by atoms with Crippen LogP contribution in [-0.2, 0) is 9.47 Å². The highest BCUT2D eigenvalue weighted by molar-refractivity contribution is 5.23. The van der Waals surface area contributed by atoms with E-state index in [1.54, 1.807) is 0 Å². The van der Waals surface area contributed by atoms with Crippen LogP contribution in [0.15, 0.2) is 0 Å².